The molecule has 2 amide bonds. The second-order valence-corrected chi connectivity index (χ2v) is 7.06. The van der Waals surface area contributed by atoms with E-state index in [2.05, 4.69) is 21.2 Å². The number of halogens is 3. The van der Waals surface area contributed by atoms with Crippen molar-refractivity contribution in [3.05, 3.63) is 26.7 Å². The summed E-state index contributed by atoms with van der Waals surface area (Å²) in [6, 6.07) is 3.97. The summed E-state index contributed by atoms with van der Waals surface area (Å²) >= 11 is 15.8. The molecule has 1 fully saturated rings. The second-order valence-electron chi connectivity index (χ2n) is 5.33. The summed E-state index contributed by atoms with van der Waals surface area (Å²) in [5.41, 5.74) is 0.763. The van der Waals surface area contributed by atoms with Gasteiger partial charge in [-0.05, 0) is 25.0 Å². The Labute approximate surface area is 143 Å². The molecule has 0 atom stereocenters. The van der Waals surface area contributed by atoms with E-state index in [1.165, 1.54) is 0 Å². The zero-order chi connectivity index (χ0) is 15.6. The van der Waals surface area contributed by atoms with Gasteiger partial charge in [0.25, 0.3) is 0 Å². The number of piperidine rings is 1. The van der Waals surface area contributed by atoms with Crippen LogP contribution in [0.3, 0.4) is 0 Å². The van der Waals surface area contributed by atoms with Crippen LogP contribution in [-0.4, -0.2) is 49.1 Å². The van der Waals surface area contributed by atoms with Gasteiger partial charge >= 0.3 is 6.03 Å². The zero-order valence-corrected chi connectivity index (χ0v) is 15.1. The number of carbonyl (C=O) groups is 1. The Morgan fingerprint density at radius 2 is 1.81 bits per heavy atom. The van der Waals surface area contributed by atoms with E-state index >= 15 is 0 Å². The van der Waals surface area contributed by atoms with E-state index < -0.39 is 0 Å². The molecule has 1 saturated heterocycles. The third-order valence-corrected chi connectivity index (χ3v) is 4.56. The Balaban J connectivity index is 1.97. The predicted molar refractivity (Wildman–Crippen MR) is 91.5 cm³/mol. The highest BCUT2D eigenvalue weighted by Gasteiger charge is 2.24. The van der Waals surface area contributed by atoms with E-state index in [1.54, 1.807) is 19.0 Å². The van der Waals surface area contributed by atoms with Crippen molar-refractivity contribution >= 4 is 50.9 Å². The molecule has 1 heterocycles. The summed E-state index contributed by atoms with van der Waals surface area (Å²) in [5.74, 6) is 0. The summed E-state index contributed by atoms with van der Waals surface area (Å²) < 4.78 is 0.856. The SMILES string of the molecule is CN(C)C(=O)N1CCC(Nc2c(Cl)cc(Br)cc2Cl)CC1. The van der Waals surface area contributed by atoms with E-state index in [4.69, 9.17) is 23.2 Å². The molecule has 116 valence electrons. The number of benzene rings is 1. The van der Waals surface area contributed by atoms with Crippen molar-refractivity contribution in [2.45, 2.75) is 18.9 Å². The van der Waals surface area contributed by atoms with E-state index in [9.17, 15) is 4.79 Å². The molecular formula is C14H18BrCl2N3O. The summed E-state index contributed by atoms with van der Waals surface area (Å²) in [6.07, 6.45) is 1.75. The Morgan fingerprint density at radius 1 is 1.29 bits per heavy atom. The molecule has 0 radical (unpaired) electrons. The summed E-state index contributed by atoms with van der Waals surface area (Å²) in [5, 5.41) is 4.59. The van der Waals surface area contributed by atoms with Crippen LogP contribution in [0.25, 0.3) is 0 Å². The maximum atomic E-state index is 11.9. The van der Waals surface area contributed by atoms with Gasteiger partial charge in [0, 0.05) is 37.7 Å². The average Bonchev–Trinajstić information content (AvgIpc) is 2.42. The number of nitrogens with zero attached hydrogens (tertiary/aromatic N) is 2. The van der Waals surface area contributed by atoms with Gasteiger partial charge in [-0.3, -0.25) is 0 Å². The quantitative estimate of drug-likeness (QED) is 0.810. The van der Waals surface area contributed by atoms with Crippen LogP contribution in [0.4, 0.5) is 10.5 Å². The molecule has 1 aliphatic heterocycles. The number of urea groups is 1. The lowest BCUT2D eigenvalue weighted by atomic mass is 10.0. The minimum atomic E-state index is 0.0631. The largest absolute Gasteiger partial charge is 0.380 e. The van der Waals surface area contributed by atoms with Crippen molar-refractivity contribution in [3.8, 4) is 0 Å². The maximum absolute atomic E-state index is 11.9. The molecule has 1 aromatic carbocycles. The van der Waals surface area contributed by atoms with Gasteiger partial charge in [0.15, 0.2) is 0 Å². The van der Waals surface area contributed by atoms with Gasteiger partial charge in [-0.2, -0.15) is 0 Å². The fourth-order valence-electron chi connectivity index (χ4n) is 2.38. The van der Waals surface area contributed by atoms with Crippen molar-refractivity contribution in [2.75, 3.05) is 32.5 Å². The van der Waals surface area contributed by atoms with Crippen LogP contribution < -0.4 is 5.32 Å². The monoisotopic (exact) mass is 393 g/mol. The number of amides is 2. The van der Waals surface area contributed by atoms with Gasteiger partial charge in [0.1, 0.15) is 0 Å². The maximum Gasteiger partial charge on any atom is 0.319 e. The van der Waals surface area contributed by atoms with Crippen molar-refractivity contribution in [3.63, 3.8) is 0 Å². The fourth-order valence-corrected chi connectivity index (χ4v) is 3.70. The van der Waals surface area contributed by atoms with Gasteiger partial charge in [-0.1, -0.05) is 39.1 Å². The molecule has 0 spiro atoms. The van der Waals surface area contributed by atoms with E-state index in [1.807, 2.05) is 17.0 Å². The third kappa shape index (κ3) is 4.18. The highest BCUT2D eigenvalue weighted by molar-refractivity contribution is 9.10. The van der Waals surface area contributed by atoms with Gasteiger partial charge in [0.05, 0.1) is 15.7 Å². The lowest BCUT2D eigenvalue weighted by molar-refractivity contribution is 0.158. The predicted octanol–water partition coefficient (Wildman–Crippen LogP) is 4.31. The standard InChI is InChI=1S/C14H18BrCl2N3O/c1-19(2)14(21)20-5-3-10(4-6-20)18-13-11(16)7-9(15)8-12(13)17/h7-8,10,18H,3-6H2,1-2H3. The Hall–Kier alpha value is -0.650. The van der Waals surface area contributed by atoms with Crippen molar-refractivity contribution in [1.29, 1.82) is 0 Å². The first-order valence-corrected chi connectivity index (χ1v) is 8.30. The summed E-state index contributed by atoms with van der Waals surface area (Å²) in [4.78, 5) is 15.4. The topological polar surface area (TPSA) is 35.6 Å². The fraction of sp³-hybridized carbons (Fsp3) is 0.500. The van der Waals surface area contributed by atoms with Crippen LogP contribution in [-0.2, 0) is 0 Å². The Kier molecular flexibility index (Phi) is 5.63. The smallest absolute Gasteiger partial charge is 0.319 e. The highest BCUT2D eigenvalue weighted by Crippen LogP contribution is 2.35. The van der Waals surface area contributed by atoms with Crippen molar-refractivity contribution < 1.29 is 4.79 Å². The van der Waals surface area contributed by atoms with Crippen LogP contribution in [0.5, 0.6) is 0 Å². The Morgan fingerprint density at radius 3 is 2.29 bits per heavy atom. The molecule has 0 bridgehead atoms. The van der Waals surface area contributed by atoms with Gasteiger partial charge in [-0.15, -0.1) is 0 Å². The molecule has 1 aliphatic rings. The second kappa shape index (κ2) is 7.07. The summed E-state index contributed by atoms with van der Waals surface area (Å²) in [7, 11) is 3.54. The van der Waals surface area contributed by atoms with Crippen molar-refractivity contribution in [1.82, 2.24) is 9.80 Å². The number of carbonyl (C=O) groups excluding carboxylic acids is 1. The van der Waals surface area contributed by atoms with Crippen LogP contribution in [0.1, 0.15) is 12.8 Å². The average molecular weight is 395 g/mol. The third-order valence-electron chi connectivity index (χ3n) is 3.50. The number of hydrogen-bond acceptors (Lipinski definition) is 2. The van der Waals surface area contributed by atoms with Gasteiger partial charge in [-0.25, -0.2) is 4.79 Å². The zero-order valence-electron chi connectivity index (χ0n) is 12.0. The molecule has 0 aromatic heterocycles. The van der Waals surface area contributed by atoms with E-state index in [0.29, 0.717) is 10.0 Å². The first-order valence-electron chi connectivity index (χ1n) is 6.76. The molecule has 7 heteroatoms. The van der Waals surface area contributed by atoms with Crippen molar-refractivity contribution in [2.24, 2.45) is 0 Å². The molecule has 21 heavy (non-hydrogen) atoms. The molecule has 1 N–H and O–H groups in total. The molecule has 0 saturated carbocycles. The van der Waals surface area contributed by atoms with Gasteiger partial charge in [0.2, 0.25) is 0 Å². The number of anilines is 1. The molecule has 0 unspecified atom stereocenters. The first-order chi connectivity index (χ1) is 9.88. The minimum absolute atomic E-state index is 0.0631. The Bertz CT molecular complexity index is 508. The van der Waals surface area contributed by atoms with Crippen LogP contribution in [0.2, 0.25) is 10.0 Å². The number of hydrogen-bond donors (Lipinski definition) is 1. The van der Waals surface area contributed by atoms with Crippen LogP contribution in [0.15, 0.2) is 16.6 Å². The molecule has 1 aromatic rings. The summed E-state index contributed by atoms with van der Waals surface area (Å²) in [6.45, 7) is 1.47. The lowest BCUT2D eigenvalue weighted by Gasteiger charge is -2.34. The van der Waals surface area contributed by atoms with Gasteiger partial charge < -0.3 is 15.1 Å². The van der Waals surface area contributed by atoms with E-state index in [-0.39, 0.29) is 12.1 Å². The molecule has 4 nitrogen and oxygen atoms in total. The van der Waals surface area contributed by atoms with Crippen LogP contribution in [0, 0.1) is 0 Å². The lowest BCUT2D eigenvalue weighted by Crippen LogP contribution is -2.46. The number of likely N-dealkylation sites (tertiary alicyclic amines) is 1. The molecular weight excluding hydrogens is 377 g/mol. The minimum Gasteiger partial charge on any atom is -0.380 e. The van der Waals surface area contributed by atoms with Crippen LogP contribution >= 0.6 is 39.1 Å². The molecule has 2 rings (SSSR count). The van der Waals surface area contributed by atoms with E-state index in [0.717, 1.165) is 36.1 Å². The normalized spacial score (nSPS) is 16.0. The number of rotatable bonds is 2. The first kappa shape index (κ1) is 16.7. The number of nitrogens with one attached hydrogen (secondary N) is 1. The highest BCUT2D eigenvalue weighted by atomic mass is 79.9. The molecule has 0 aliphatic carbocycles.